The van der Waals surface area contributed by atoms with Crippen LogP contribution in [0.5, 0.6) is 0 Å². The highest BCUT2D eigenvalue weighted by atomic mass is 16.6. The fourth-order valence-electron chi connectivity index (χ4n) is 2.53. The molecule has 2 aromatic carbocycles. The summed E-state index contributed by atoms with van der Waals surface area (Å²) in [5.74, 6) is 0. The molecule has 0 aliphatic rings. The zero-order valence-electron chi connectivity index (χ0n) is 13.1. The molecule has 0 amide bonds. The van der Waals surface area contributed by atoms with Gasteiger partial charge in [-0.1, -0.05) is 72.8 Å². The van der Waals surface area contributed by atoms with Gasteiger partial charge in [0.1, 0.15) is 11.9 Å². The predicted octanol–water partition coefficient (Wildman–Crippen LogP) is 4.10. The molecule has 0 radical (unpaired) electrons. The molecule has 5 nitrogen and oxygen atoms in total. The van der Waals surface area contributed by atoms with Crippen LogP contribution < -0.4 is 0 Å². The van der Waals surface area contributed by atoms with Gasteiger partial charge in [0.2, 0.25) is 0 Å². The third kappa shape index (κ3) is 3.76. The first-order chi connectivity index (χ1) is 11.7. The largest absolute Gasteiger partial charge is 0.310 e. The van der Waals surface area contributed by atoms with E-state index in [9.17, 15) is 10.1 Å². The molecule has 0 bridgehead atoms. The molecule has 0 aliphatic carbocycles. The minimum Gasteiger partial charge on any atom is -0.258 e. The third-order valence-corrected chi connectivity index (χ3v) is 3.72. The number of nitrogens with zero attached hydrogens (tertiary/aromatic N) is 3. The van der Waals surface area contributed by atoms with E-state index in [1.165, 1.54) is 6.20 Å². The van der Waals surface area contributed by atoms with Crippen LogP contribution in [0.25, 0.3) is 6.08 Å². The molecule has 0 atom stereocenters. The lowest BCUT2D eigenvalue weighted by atomic mass is 10.1. The summed E-state index contributed by atoms with van der Waals surface area (Å²) in [6, 6.07) is 19.7. The highest BCUT2D eigenvalue weighted by molar-refractivity contribution is 5.50. The Morgan fingerprint density at radius 1 is 1.04 bits per heavy atom. The van der Waals surface area contributed by atoms with Gasteiger partial charge in [0, 0.05) is 6.42 Å². The molecule has 0 spiro atoms. The van der Waals surface area contributed by atoms with E-state index in [-0.39, 0.29) is 10.6 Å². The van der Waals surface area contributed by atoms with Crippen molar-refractivity contribution in [3.05, 3.63) is 99.9 Å². The molecular formula is C19H17N3O2. The zero-order chi connectivity index (χ0) is 16.8. The van der Waals surface area contributed by atoms with E-state index in [1.54, 1.807) is 4.68 Å². The summed E-state index contributed by atoms with van der Waals surface area (Å²) in [7, 11) is 0. The van der Waals surface area contributed by atoms with E-state index in [1.807, 2.05) is 72.8 Å². The molecule has 0 saturated carbocycles. The molecule has 0 unspecified atom stereocenters. The summed E-state index contributed by atoms with van der Waals surface area (Å²) >= 11 is 0. The van der Waals surface area contributed by atoms with E-state index in [2.05, 4.69) is 5.10 Å². The Bertz CT molecular complexity index is 840. The maximum absolute atomic E-state index is 11.2. The quantitative estimate of drug-likeness (QED) is 0.508. The Morgan fingerprint density at radius 3 is 2.38 bits per heavy atom. The molecule has 0 aliphatic heterocycles. The minimum absolute atomic E-state index is 0.0589. The summed E-state index contributed by atoms with van der Waals surface area (Å²) in [5, 5.41) is 15.4. The van der Waals surface area contributed by atoms with E-state index >= 15 is 0 Å². The predicted molar refractivity (Wildman–Crippen MR) is 93.6 cm³/mol. The average Bonchev–Trinajstić information content (AvgIpc) is 3.00. The molecule has 120 valence electrons. The van der Waals surface area contributed by atoms with Gasteiger partial charge in [-0.05, 0) is 11.1 Å². The first-order valence-electron chi connectivity index (χ1n) is 7.68. The Morgan fingerprint density at radius 2 is 1.71 bits per heavy atom. The molecule has 1 aromatic heterocycles. The number of nitro groups is 1. The van der Waals surface area contributed by atoms with Crippen molar-refractivity contribution in [3.63, 3.8) is 0 Å². The van der Waals surface area contributed by atoms with Gasteiger partial charge in [-0.2, -0.15) is 5.10 Å². The summed E-state index contributed by atoms with van der Waals surface area (Å²) in [4.78, 5) is 10.9. The molecule has 24 heavy (non-hydrogen) atoms. The monoisotopic (exact) mass is 319 g/mol. The first kappa shape index (κ1) is 15.7. The van der Waals surface area contributed by atoms with Gasteiger partial charge in [-0.3, -0.25) is 14.8 Å². The third-order valence-electron chi connectivity index (χ3n) is 3.72. The van der Waals surface area contributed by atoms with Crippen molar-refractivity contribution >= 4 is 11.8 Å². The summed E-state index contributed by atoms with van der Waals surface area (Å²) in [6.45, 7) is 0.517. The number of hydrogen-bond donors (Lipinski definition) is 0. The minimum atomic E-state index is -0.375. The lowest BCUT2D eigenvalue weighted by Crippen LogP contribution is -2.06. The highest BCUT2D eigenvalue weighted by Gasteiger charge is 2.19. The van der Waals surface area contributed by atoms with Gasteiger partial charge < -0.3 is 0 Å². The molecule has 1 heterocycles. The van der Waals surface area contributed by atoms with Crippen LogP contribution in [-0.2, 0) is 13.0 Å². The first-order valence-corrected chi connectivity index (χ1v) is 7.68. The van der Waals surface area contributed by atoms with Crippen molar-refractivity contribution in [2.24, 2.45) is 0 Å². The number of benzene rings is 2. The van der Waals surface area contributed by atoms with Gasteiger partial charge in [0.25, 0.3) is 0 Å². The van der Waals surface area contributed by atoms with Crippen molar-refractivity contribution in [2.75, 3.05) is 0 Å². The second-order valence-electron chi connectivity index (χ2n) is 5.39. The number of hydrogen-bond acceptors (Lipinski definition) is 3. The Labute approximate surface area is 140 Å². The van der Waals surface area contributed by atoms with Crippen LogP contribution in [0.1, 0.15) is 16.8 Å². The maximum Gasteiger partial charge on any atom is 0.310 e. The van der Waals surface area contributed by atoms with Crippen LogP contribution >= 0.6 is 0 Å². The lowest BCUT2D eigenvalue weighted by Gasteiger charge is -2.05. The molecule has 3 rings (SSSR count). The Kier molecular flexibility index (Phi) is 4.81. The van der Waals surface area contributed by atoms with Crippen LogP contribution in [0.3, 0.4) is 0 Å². The topological polar surface area (TPSA) is 61.0 Å². The van der Waals surface area contributed by atoms with Gasteiger partial charge in [0.15, 0.2) is 0 Å². The molecular weight excluding hydrogens is 302 g/mol. The van der Waals surface area contributed by atoms with Gasteiger partial charge in [0.05, 0.1) is 11.5 Å². The lowest BCUT2D eigenvalue weighted by molar-refractivity contribution is -0.385. The molecule has 0 N–H and O–H groups in total. The molecule has 5 heteroatoms. The second kappa shape index (κ2) is 7.37. The van der Waals surface area contributed by atoms with Crippen molar-refractivity contribution in [1.29, 1.82) is 0 Å². The van der Waals surface area contributed by atoms with Crippen molar-refractivity contribution in [1.82, 2.24) is 9.78 Å². The van der Waals surface area contributed by atoms with Crippen LogP contribution in [0.15, 0.2) is 72.9 Å². The SMILES string of the molecule is O=[N+]([O-])c1cnn(Cc2ccccc2)c1C/C=C/c1ccccc1. The van der Waals surface area contributed by atoms with Gasteiger partial charge in [-0.15, -0.1) is 0 Å². The summed E-state index contributed by atoms with van der Waals surface area (Å²) in [6.07, 6.45) is 5.68. The van der Waals surface area contributed by atoms with Crippen molar-refractivity contribution in [2.45, 2.75) is 13.0 Å². The van der Waals surface area contributed by atoms with Crippen LogP contribution in [0, 0.1) is 10.1 Å². The highest BCUT2D eigenvalue weighted by Crippen LogP contribution is 2.20. The van der Waals surface area contributed by atoms with Crippen molar-refractivity contribution in [3.8, 4) is 0 Å². The van der Waals surface area contributed by atoms with E-state index in [4.69, 9.17) is 0 Å². The smallest absolute Gasteiger partial charge is 0.258 e. The maximum atomic E-state index is 11.2. The summed E-state index contributed by atoms with van der Waals surface area (Å²) in [5.41, 5.74) is 2.79. The van der Waals surface area contributed by atoms with Crippen molar-refractivity contribution < 1.29 is 4.92 Å². The summed E-state index contributed by atoms with van der Waals surface area (Å²) < 4.78 is 1.70. The average molecular weight is 319 g/mol. The fourth-order valence-corrected chi connectivity index (χ4v) is 2.53. The standard InChI is InChI=1S/C19H17N3O2/c23-22(24)19-14-20-21(15-17-10-5-2-6-11-17)18(19)13-7-12-16-8-3-1-4-9-16/h1-12,14H,13,15H2/b12-7+. The Hall–Kier alpha value is -3.21. The Balaban J connectivity index is 1.83. The van der Waals surface area contributed by atoms with E-state index in [0.717, 1.165) is 11.1 Å². The zero-order valence-corrected chi connectivity index (χ0v) is 13.1. The second-order valence-corrected chi connectivity index (χ2v) is 5.39. The molecule has 3 aromatic rings. The van der Waals surface area contributed by atoms with Crippen LogP contribution in [0.4, 0.5) is 5.69 Å². The molecule has 0 fully saturated rings. The fraction of sp³-hybridized carbons (Fsp3) is 0.105. The van der Waals surface area contributed by atoms with Gasteiger partial charge >= 0.3 is 5.69 Å². The molecule has 0 saturated heterocycles. The number of aromatic nitrogens is 2. The van der Waals surface area contributed by atoms with E-state index < -0.39 is 0 Å². The van der Waals surface area contributed by atoms with Gasteiger partial charge in [-0.25, -0.2) is 0 Å². The van der Waals surface area contributed by atoms with E-state index in [0.29, 0.717) is 18.7 Å². The van der Waals surface area contributed by atoms with Crippen LogP contribution in [0.2, 0.25) is 0 Å². The van der Waals surface area contributed by atoms with Crippen LogP contribution in [-0.4, -0.2) is 14.7 Å². The normalized spacial score (nSPS) is 11.0. The number of allylic oxidation sites excluding steroid dienone is 1. The number of rotatable bonds is 6.